The molecule has 3 aliphatic rings. The lowest BCUT2D eigenvalue weighted by Crippen LogP contribution is -2.59. The summed E-state index contributed by atoms with van der Waals surface area (Å²) in [6.45, 7) is 2.07. The molecular weight excluding hydrogens is 428 g/mol. The van der Waals surface area contributed by atoms with Crippen molar-refractivity contribution in [3.8, 4) is 5.75 Å². The van der Waals surface area contributed by atoms with Crippen molar-refractivity contribution >= 4 is 46.6 Å². The minimum atomic E-state index is -0.586. The van der Waals surface area contributed by atoms with E-state index in [1.807, 2.05) is 12.1 Å². The van der Waals surface area contributed by atoms with Crippen molar-refractivity contribution in [3.63, 3.8) is 0 Å². The molecule has 4 atom stereocenters. The summed E-state index contributed by atoms with van der Waals surface area (Å²) in [5, 5.41) is 13.5. The number of hydrogen-bond acceptors (Lipinski definition) is 6. The lowest BCUT2D eigenvalue weighted by atomic mass is 9.67. The maximum Gasteiger partial charge on any atom is 0.166 e. The third-order valence-electron chi connectivity index (χ3n) is 6.20. The number of aliphatic imine (C=N–C) groups is 1. The van der Waals surface area contributed by atoms with E-state index in [-0.39, 0.29) is 15.7 Å². The van der Waals surface area contributed by atoms with E-state index in [9.17, 15) is 4.39 Å². The number of anilines is 2. The van der Waals surface area contributed by atoms with Crippen LogP contribution in [0.2, 0.25) is 10.0 Å². The van der Waals surface area contributed by atoms with Gasteiger partial charge in [0.25, 0.3) is 0 Å². The summed E-state index contributed by atoms with van der Waals surface area (Å²) in [6.07, 6.45) is 2.45. The molecule has 0 aromatic heterocycles. The van der Waals surface area contributed by atoms with Crippen LogP contribution < -0.4 is 26.0 Å². The maximum atomic E-state index is 14.6. The number of rotatable bonds is 5. The van der Waals surface area contributed by atoms with Crippen LogP contribution in [0.1, 0.15) is 18.2 Å². The van der Waals surface area contributed by atoms with Crippen molar-refractivity contribution in [3.05, 3.63) is 45.7 Å². The van der Waals surface area contributed by atoms with Crippen LogP contribution in [0, 0.1) is 17.7 Å². The monoisotopic (exact) mass is 449 g/mol. The quantitative estimate of drug-likeness (QED) is 0.504. The molecule has 4 N–H and O–H groups in total. The highest BCUT2D eigenvalue weighted by atomic mass is 35.5. The average molecular weight is 450 g/mol. The van der Waals surface area contributed by atoms with E-state index in [0.717, 1.165) is 35.8 Å². The van der Waals surface area contributed by atoms with E-state index >= 15 is 0 Å². The van der Waals surface area contributed by atoms with Gasteiger partial charge >= 0.3 is 0 Å². The molecule has 9 heteroatoms. The molecule has 2 aromatic carbocycles. The van der Waals surface area contributed by atoms with Gasteiger partial charge in [-0.05, 0) is 49.5 Å². The second-order valence-corrected chi connectivity index (χ2v) is 8.71. The van der Waals surface area contributed by atoms with Gasteiger partial charge < -0.3 is 26.0 Å². The molecule has 0 amide bonds. The van der Waals surface area contributed by atoms with Crippen LogP contribution >= 0.6 is 23.2 Å². The average Bonchev–Trinajstić information content (AvgIpc) is 2.77. The second-order valence-electron chi connectivity index (χ2n) is 7.92. The second kappa shape index (κ2) is 7.80. The number of halogens is 3. The van der Waals surface area contributed by atoms with Crippen molar-refractivity contribution in [1.82, 2.24) is 10.6 Å². The largest absolute Gasteiger partial charge is 0.495 e. The van der Waals surface area contributed by atoms with Crippen molar-refractivity contribution in [1.29, 1.82) is 0 Å². The van der Waals surface area contributed by atoms with E-state index in [4.69, 9.17) is 27.9 Å². The SMILES string of the molecule is COc1cc2c(cc1N[C@H]1[C@@H]3CNC[C@H]1C3)C(Nc1ccc(Cl)c(Cl)c1F)NC=N2. The van der Waals surface area contributed by atoms with Gasteiger partial charge in [-0.1, -0.05) is 23.2 Å². The first kappa shape index (κ1) is 19.7. The van der Waals surface area contributed by atoms with Gasteiger partial charge in [0.05, 0.1) is 40.6 Å². The van der Waals surface area contributed by atoms with Gasteiger partial charge in [0.1, 0.15) is 11.9 Å². The van der Waals surface area contributed by atoms with Gasteiger partial charge in [0.15, 0.2) is 5.82 Å². The zero-order chi connectivity index (χ0) is 20.8. The van der Waals surface area contributed by atoms with Crippen LogP contribution in [0.5, 0.6) is 5.75 Å². The Balaban J connectivity index is 1.45. The van der Waals surface area contributed by atoms with Gasteiger partial charge in [0.2, 0.25) is 0 Å². The van der Waals surface area contributed by atoms with Crippen LogP contribution in [0.15, 0.2) is 29.3 Å². The number of piperidine rings is 2. The van der Waals surface area contributed by atoms with E-state index in [1.54, 1.807) is 25.6 Å². The third kappa shape index (κ3) is 3.35. The molecule has 1 saturated carbocycles. The molecule has 2 heterocycles. The number of nitrogens with one attached hydrogen (secondary N) is 4. The van der Waals surface area contributed by atoms with E-state index in [1.165, 1.54) is 6.42 Å². The molecule has 1 unspecified atom stereocenters. The Bertz CT molecular complexity index is 1000. The molecule has 2 bridgehead atoms. The van der Waals surface area contributed by atoms with E-state index in [0.29, 0.717) is 17.9 Å². The van der Waals surface area contributed by atoms with Crippen molar-refractivity contribution in [2.75, 3.05) is 30.8 Å². The smallest absolute Gasteiger partial charge is 0.166 e. The number of methoxy groups -OCH3 is 1. The normalized spacial score (nSPS) is 26.3. The van der Waals surface area contributed by atoms with Gasteiger partial charge in [0, 0.05) is 17.7 Å². The molecule has 1 saturated heterocycles. The van der Waals surface area contributed by atoms with Crippen molar-refractivity contribution < 1.29 is 9.13 Å². The molecule has 5 rings (SSSR count). The van der Waals surface area contributed by atoms with Crippen LogP contribution in [-0.2, 0) is 0 Å². The summed E-state index contributed by atoms with van der Waals surface area (Å²) < 4.78 is 20.2. The molecule has 2 aromatic rings. The fraction of sp³-hybridized carbons (Fsp3) is 0.381. The zero-order valence-electron chi connectivity index (χ0n) is 16.3. The summed E-state index contributed by atoms with van der Waals surface area (Å²) in [7, 11) is 1.65. The highest BCUT2D eigenvalue weighted by Crippen LogP contribution is 2.43. The molecule has 2 fully saturated rings. The maximum absolute atomic E-state index is 14.6. The topological polar surface area (TPSA) is 69.7 Å². The van der Waals surface area contributed by atoms with Crippen LogP contribution in [0.4, 0.5) is 21.5 Å². The minimum Gasteiger partial charge on any atom is -0.495 e. The molecular formula is C21H22Cl2FN5O. The Morgan fingerprint density at radius 2 is 1.93 bits per heavy atom. The summed E-state index contributed by atoms with van der Waals surface area (Å²) in [5.41, 5.74) is 2.81. The third-order valence-corrected chi connectivity index (χ3v) is 6.98. The number of nitrogens with zero attached hydrogens (tertiary/aromatic N) is 1. The van der Waals surface area contributed by atoms with Crippen LogP contribution in [0.25, 0.3) is 0 Å². The summed E-state index contributed by atoms with van der Waals surface area (Å²) >= 11 is 11.9. The number of hydrogen-bond donors (Lipinski definition) is 4. The number of benzene rings is 2. The van der Waals surface area contributed by atoms with Crippen LogP contribution in [0.3, 0.4) is 0 Å². The van der Waals surface area contributed by atoms with Gasteiger partial charge in [-0.25, -0.2) is 9.38 Å². The standard InChI is InChI=1S/C21H22Cl2FN5O/c1-30-17-6-15-12(5-16(17)28-20-10-4-11(20)8-25-7-10)21(27-9-26-15)29-14-3-2-13(22)18(23)19(14)24/h2-3,5-6,9-11,20-21,25,28-29H,4,7-8H2,1H3,(H,26,27)/t10-,11+,20-,21?. The summed E-state index contributed by atoms with van der Waals surface area (Å²) in [4.78, 5) is 4.42. The molecule has 0 radical (unpaired) electrons. The van der Waals surface area contributed by atoms with Gasteiger partial charge in [-0.2, -0.15) is 0 Å². The zero-order valence-corrected chi connectivity index (χ0v) is 17.8. The molecule has 158 valence electrons. The van der Waals surface area contributed by atoms with Crippen LogP contribution in [-0.4, -0.2) is 32.6 Å². The Morgan fingerprint density at radius 3 is 2.67 bits per heavy atom. The minimum absolute atomic E-state index is 0.103. The fourth-order valence-corrected chi connectivity index (χ4v) is 4.87. The molecule has 0 spiro atoms. The molecule has 30 heavy (non-hydrogen) atoms. The Labute approximate surface area is 184 Å². The highest BCUT2D eigenvalue weighted by molar-refractivity contribution is 6.42. The molecule has 6 nitrogen and oxygen atoms in total. The number of ether oxygens (including phenoxy) is 1. The first-order valence-electron chi connectivity index (χ1n) is 9.93. The van der Waals surface area contributed by atoms with Gasteiger partial charge in [-0.15, -0.1) is 0 Å². The van der Waals surface area contributed by atoms with Gasteiger partial charge in [-0.3, -0.25) is 0 Å². The lowest BCUT2D eigenvalue weighted by Gasteiger charge is -2.50. The van der Waals surface area contributed by atoms with E-state index in [2.05, 4.69) is 26.3 Å². The first-order chi connectivity index (χ1) is 14.5. The highest BCUT2D eigenvalue weighted by Gasteiger charge is 2.44. The molecule has 2 aliphatic heterocycles. The summed E-state index contributed by atoms with van der Waals surface area (Å²) in [6, 6.07) is 7.49. The first-order valence-corrected chi connectivity index (χ1v) is 10.7. The van der Waals surface area contributed by atoms with Crippen molar-refractivity contribution in [2.45, 2.75) is 18.6 Å². The van der Waals surface area contributed by atoms with Crippen molar-refractivity contribution in [2.24, 2.45) is 16.8 Å². The lowest BCUT2D eigenvalue weighted by molar-refractivity contribution is 0.109. The Kier molecular flexibility index (Phi) is 5.13. The van der Waals surface area contributed by atoms with E-state index < -0.39 is 12.0 Å². The predicted octanol–water partition coefficient (Wildman–Crippen LogP) is 4.53. The summed E-state index contributed by atoms with van der Waals surface area (Å²) in [5.74, 6) is 1.40. The molecule has 1 aliphatic carbocycles. The predicted molar refractivity (Wildman–Crippen MR) is 119 cm³/mol. The fourth-order valence-electron chi connectivity index (χ4n) is 4.56. The Hall–Kier alpha value is -2.22. The Morgan fingerprint density at radius 1 is 1.13 bits per heavy atom. The number of fused-ring (bicyclic) bond motifs is 3.